The van der Waals surface area contributed by atoms with Crippen LogP contribution in [0.5, 0.6) is 0 Å². The predicted molar refractivity (Wildman–Crippen MR) is 102 cm³/mol. The van der Waals surface area contributed by atoms with Crippen LogP contribution < -0.4 is 10.6 Å². The van der Waals surface area contributed by atoms with Gasteiger partial charge in [-0.15, -0.1) is 0 Å². The number of aromatic nitrogens is 2. The van der Waals surface area contributed by atoms with Crippen LogP contribution in [0.4, 0.5) is 0 Å². The summed E-state index contributed by atoms with van der Waals surface area (Å²) in [6, 6.07) is 7.48. The van der Waals surface area contributed by atoms with Crippen molar-refractivity contribution in [3.63, 3.8) is 0 Å². The first-order valence-electron chi connectivity index (χ1n) is 8.97. The molecule has 0 saturated carbocycles. The minimum Gasteiger partial charge on any atom is -0.352 e. The fourth-order valence-corrected chi connectivity index (χ4v) is 2.73. The van der Waals surface area contributed by atoms with Gasteiger partial charge >= 0.3 is 0 Å². The van der Waals surface area contributed by atoms with Crippen LogP contribution >= 0.6 is 0 Å². The average molecular weight is 356 g/mol. The van der Waals surface area contributed by atoms with Gasteiger partial charge in [-0.1, -0.05) is 19.1 Å². The Balaban J connectivity index is 1.96. The Bertz CT molecular complexity index is 795. The number of amides is 2. The molecule has 0 spiro atoms. The maximum Gasteiger partial charge on any atom is 0.251 e. The topological polar surface area (TPSA) is 76.0 Å². The second-order valence-electron chi connectivity index (χ2n) is 6.71. The van der Waals surface area contributed by atoms with Gasteiger partial charge in [0.25, 0.3) is 5.91 Å². The van der Waals surface area contributed by atoms with E-state index in [4.69, 9.17) is 0 Å². The summed E-state index contributed by atoms with van der Waals surface area (Å²) in [5, 5.41) is 10.2. The molecule has 1 atom stereocenters. The summed E-state index contributed by atoms with van der Waals surface area (Å²) >= 11 is 0. The molecule has 6 heteroatoms. The third-order valence-corrected chi connectivity index (χ3v) is 4.66. The summed E-state index contributed by atoms with van der Waals surface area (Å²) in [5.41, 5.74) is 4.35. The summed E-state index contributed by atoms with van der Waals surface area (Å²) < 4.78 is 1.79. The molecule has 1 aromatic heterocycles. The van der Waals surface area contributed by atoms with Crippen molar-refractivity contribution in [3.8, 4) is 0 Å². The van der Waals surface area contributed by atoms with Gasteiger partial charge in [0, 0.05) is 36.5 Å². The number of hydrogen-bond acceptors (Lipinski definition) is 3. The van der Waals surface area contributed by atoms with E-state index in [0.29, 0.717) is 18.5 Å². The smallest absolute Gasteiger partial charge is 0.251 e. The molecule has 1 heterocycles. The summed E-state index contributed by atoms with van der Waals surface area (Å²) in [7, 11) is 1.87. The zero-order valence-corrected chi connectivity index (χ0v) is 16.2. The molecule has 6 nitrogen and oxygen atoms in total. The molecule has 2 amide bonds. The van der Waals surface area contributed by atoms with Gasteiger partial charge in [0.15, 0.2) is 0 Å². The number of rotatable bonds is 7. The molecule has 0 aliphatic heterocycles. The van der Waals surface area contributed by atoms with Gasteiger partial charge < -0.3 is 10.6 Å². The first-order valence-corrected chi connectivity index (χ1v) is 8.97. The molecule has 26 heavy (non-hydrogen) atoms. The second kappa shape index (κ2) is 8.65. The summed E-state index contributed by atoms with van der Waals surface area (Å²) in [6.07, 6.45) is 1.19. The van der Waals surface area contributed by atoms with Gasteiger partial charge in [-0.2, -0.15) is 5.10 Å². The highest BCUT2D eigenvalue weighted by Gasteiger charge is 2.14. The summed E-state index contributed by atoms with van der Waals surface area (Å²) in [4.78, 5) is 24.5. The van der Waals surface area contributed by atoms with Crippen LogP contribution in [-0.2, 0) is 24.8 Å². The predicted octanol–water partition coefficient (Wildman–Crippen LogP) is 2.42. The summed E-state index contributed by atoms with van der Waals surface area (Å²) in [6.45, 7) is 8.27. The SMILES string of the molecule is CCC(C)NC(=O)c1cccc(CNC(=O)Cc2c(C)nn(C)c2C)c1. The minimum atomic E-state index is -0.0888. The Morgan fingerprint density at radius 1 is 1.27 bits per heavy atom. The molecule has 0 fully saturated rings. The summed E-state index contributed by atoms with van der Waals surface area (Å²) in [5.74, 6) is -0.146. The third kappa shape index (κ3) is 4.94. The zero-order chi connectivity index (χ0) is 19.3. The van der Waals surface area contributed by atoms with Crippen LogP contribution in [-0.4, -0.2) is 27.6 Å². The number of nitrogens with one attached hydrogen (secondary N) is 2. The molecule has 0 bridgehead atoms. The van der Waals surface area contributed by atoms with E-state index in [0.717, 1.165) is 28.9 Å². The Morgan fingerprint density at radius 3 is 2.62 bits per heavy atom. The zero-order valence-electron chi connectivity index (χ0n) is 16.2. The molecular weight excluding hydrogens is 328 g/mol. The molecule has 140 valence electrons. The van der Waals surface area contributed by atoms with Gasteiger partial charge in [-0.3, -0.25) is 14.3 Å². The number of hydrogen-bond donors (Lipinski definition) is 2. The first kappa shape index (κ1) is 19.7. The number of benzene rings is 1. The average Bonchev–Trinajstić information content (AvgIpc) is 2.86. The minimum absolute atomic E-state index is 0.0568. The van der Waals surface area contributed by atoms with Crippen LogP contribution in [0, 0.1) is 13.8 Å². The molecule has 1 unspecified atom stereocenters. The maximum atomic E-state index is 12.3. The van der Waals surface area contributed by atoms with Crippen LogP contribution in [0.2, 0.25) is 0 Å². The van der Waals surface area contributed by atoms with Crippen LogP contribution in [0.1, 0.15) is 53.1 Å². The number of carbonyl (C=O) groups excluding carboxylic acids is 2. The van der Waals surface area contributed by atoms with Crippen LogP contribution in [0.3, 0.4) is 0 Å². The van der Waals surface area contributed by atoms with Crippen molar-refractivity contribution in [1.82, 2.24) is 20.4 Å². The van der Waals surface area contributed by atoms with E-state index in [1.54, 1.807) is 10.7 Å². The van der Waals surface area contributed by atoms with E-state index in [1.807, 2.05) is 52.9 Å². The quantitative estimate of drug-likeness (QED) is 0.800. The second-order valence-corrected chi connectivity index (χ2v) is 6.71. The van der Waals surface area contributed by atoms with Crippen LogP contribution in [0.25, 0.3) is 0 Å². The van der Waals surface area contributed by atoms with E-state index < -0.39 is 0 Å². The first-order chi connectivity index (χ1) is 12.3. The highest BCUT2D eigenvalue weighted by Crippen LogP contribution is 2.12. The Labute approximate surface area is 155 Å². The lowest BCUT2D eigenvalue weighted by Crippen LogP contribution is -2.32. The molecule has 1 aromatic carbocycles. The monoisotopic (exact) mass is 356 g/mol. The lowest BCUT2D eigenvalue weighted by atomic mass is 10.1. The van der Waals surface area contributed by atoms with Crippen molar-refractivity contribution in [2.75, 3.05) is 0 Å². The van der Waals surface area contributed by atoms with E-state index in [1.165, 1.54) is 0 Å². The molecule has 0 aliphatic carbocycles. The molecule has 2 N–H and O–H groups in total. The van der Waals surface area contributed by atoms with E-state index >= 15 is 0 Å². The molecule has 0 radical (unpaired) electrons. The fourth-order valence-electron chi connectivity index (χ4n) is 2.73. The lowest BCUT2D eigenvalue weighted by Gasteiger charge is -2.12. The van der Waals surface area contributed by atoms with Crippen molar-refractivity contribution in [2.24, 2.45) is 7.05 Å². The molecule has 0 saturated heterocycles. The van der Waals surface area contributed by atoms with Crippen molar-refractivity contribution in [2.45, 2.75) is 53.1 Å². The molecule has 2 rings (SSSR count). The molecule has 2 aromatic rings. The van der Waals surface area contributed by atoms with E-state index in [2.05, 4.69) is 15.7 Å². The van der Waals surface area contributed by atoms with Crippen molar-refractivity contribution in [3.05, 3.63) is 52.3 Å². The fraction of sp³-hybridized carbons (Fsp3) is 0.450. The van der Waals surface area contributed by atoms with Crippen molar-refractivity contribution >= 4 is 11.8 Å². The normalized spacial score (nSPS) is 11.9. The van der Waals surface area contributed by atoms with E-state index in [-0.39, 0.29) is 17.9 Å². The standard InChI is InChI=1S/C20H28N4O2/c1-6-13(2)22-20(26)17-9-7-8-16(10-17)12-21-19(25)11-18-14(3)23-24(5)15(18)4/h7-10,13H,6,11-12H2,1-5H3,(H,21,25)(H,22,26). The Kier molecular flexibility index (Phi) is 6.55. The third-order valence-electron chi connectivity index (χ3n) is 4.66. The lowest BCUT2D eigenvalue weighted by molar-refractivity contribution is -0.120. The number of carbonyl (C=O) groups is 2. The molecular formula is C20H28N4O2. The van der Waals surface area contributed by atoms with Gasteiger partial charge in [-0.25, -0.2) is 0 Å². The van der Waals surface area contributed by atoms with Crippen molar-refractivity contribution in [1.29, 1.82) is 0 Å². The number of aryl methyl sites for hydroxylation is 2. The van der Waals surface area contributed by atoms with Crippen molar-refractivity contribution < 1.29 is 9.59 Å². The largest absolute Gasteiger partial charge is 0.352 e. The Hall–Kier alpha value is -2.63. The molecule has 0 aliphatic rings. The van der Waals surface area contributed by atoms with Gasteiger partial charge in [0.05, 0.1) is 12.1 Å². The van der Waals surface area contributed by atoms with Crippen LogP contribution in [0.15, 0.2) is 24.3 Å². The number of nitrogens with zero attached hydrogens (tertiary/aromatic N) is 2. The van der Waals surface area contributed by atoms with Gasteiger partial charge in [0.2, 0.25) is 5.91 Å². The maximum absolute atomic E-state index is 12.3. The highest BCUT2D eigenvalue weighted by molar-refractivity contribution is 5.94. The van der Waals surface area contributed by atoms with E-state index in [9.17, 15) is 9.59 Å². The van der Waals surface area contributed by atoms with Gasteiger partial charge in [0.1, 0.15) is 0 Å². The Morgan fingerprint density at radius 2 is 2.00 bits per heavy atom. The van der Waals surface area contributed by atoms with Gasteiger partial charge in [-0.05, 0) is 44.9 Å². The highest BCUT2D eigenvalue weighted by atomic mass is 16.2.